The first-order chi connectivity index (χ1) is 9.10. The van der Waals surface area contributed by atoms with Gasteiger partial charge >= 0.3 is 0 Å². The van der Waals surface area contributed by atoms with E-state index in [2.05, 4.69) is 22.2 Å². The zero-order valence-electron chi connectivity index (χ0n) is 11.5. The van der Waals surface area contributed by atoms with E-state index in [1.165, 1.54) is 0 Å². The van der Waals surface area contributed by atoms with Crippen molar-refractivity contribution in [2.75, 3.05) is 24.1 Å². The molecule has 1 aliphatic rings. The molecule has 0 saturated carbocycles. The number of piperidine rings is 1. The van der Waals surface area contributed by atoms with Gasteiger partial charge in [0.1, 0.15) is 5.82 Å². The molecule has 0 bridgehead atoms. The molecule has 2 heterocycles. The predicted octanol–water partition coefficient (Wildman–Crippen LogP) is 1.04. The van der Waals surface area contributed by atoms with Crippen LogP contribution >= 0.6 is 0 Å². The highest BCUT2D eigenvalue weighted by atomic mass is 16.2. The number of hydrogen-bond donors (Lipinski definition) is 2. The van der Waals surface area contributed by atoms with E-state index in [0.29, 0.717) is 0 Å². The first kappa shape index (κ1) is 13.6. The van der Waals surface area contributed by atoms with Crippen LogP contribution in [0, 0.1) is 0 Å². The fourth-order valence-electron chi connectivity index (χ4n) is 2.38. The van der Waals surface area contributed by atoms with E-state index < -0.39 is 0 Å². The second kappa shape index (κ2) is 5.86. The number of hydrogen-bond acceptors (Lipinski definition) is 5. The molecule has 0 aromatic carbocycles. The molecule has 1 aliphatic heterocycles. The topological polar surface area (TPSA) is 84.1 Å². The summed E-state index contributed by atoms with van der Waals surface area (Å²) in [6.45, 7) is 5.24. The van der Waals surface area contributed by atoms with E-state index in [0.717, 1.165) is 43.7 Å². The minimum Gasteiger partial charge on any atom is -0.368 e. The van der Waals surface area contributed by atoms with Crippen LogP contribution in [-0.4, -0.2) is 39.9 Å². The van der Waals surface area contributed by atoms with E-state index in [1.807, 2.05) is 4.90 Å². The molecule has 2 rings (SSSR count). The van der Waals surface area contributed by atoms with Crippen LogP contribution in [0.5, 0.6) is 0 Å². The van der Waals surface area contributed by atoms with Gasteiger partial charge in [-0.3, -0.25) is 4.79 Å². The predicted molar refractivity (Wildman–Crippen MR) is 74.7 cm³/mol. The van der Waals surface area contributed by atoms with E-state index in [9.17, 15) is 4.79 Å². The summed E-state index contributed by atoms with van der Waals surface area (Å²) >= 11 is 0. The molecule has 3 N–H and O–H groups in total. The van der Waals surface area contributed by atoms with Crippen molar-refractivity contribution in [3.8, 4) is 0 Å². The Balaban J connectivity index is 2.08. The lowest BCUT2D eigenvalue weighted by Crippen LogP contribution is -2.44. The molecule has 1 amide bonds. The Labute approximate surface area is 113 Å². The molecular formula is C13H21N5O. The van der Waals surface area contributed by atoms with E-state index in [1.54, 1.807) is 13.1 Å². The largest absolute Gasteiger partial charge is 0.368 e. The number of aryl methyl sites for hydroxylation is 1. The molecule has 19 heavy (non-hydrogen) atoms. The van der Waals surface area contributed by atoms with Gasteiger partial charge in [-0.1, -0.05) is 6.92 Å². The van der Waals surface area contributed by atoms with Crippen molar-refractivity contribution in [1.82, 2.24) is 14.9 Å². The number of carbonyl (C=O) groups excluding carboxylic acids is 1. The van der Waals surface area contributed by atoms with E-state index in [-0.39, 0.29) is 17.9 Å². The maximum atomic E-state index is 11.4. The number of nitrogens with two attached hydrogens (primary N) is 1. The van der Waals surface area contributed by atoms with Gasteiger partial charge in [-0.15, -0.1) is 0 Å². The molecule has 1 fully saturated rings. The second-order valence-corrected chi connectivity index (χ2v) is 4.90. The van der Waals surface area contributed by atoms with Gasteiger partial charge in [0.05, 0.1) is 0 Å². The van der Waals surface area contributed by atoms with Gasteiger partial charge in [-0.25, -0.2) is 4.98 Å². The monoisotopic (exact) mass is 263 g/mol. The van der Waals surface area contributed by atoms with Gasteiger partial charge in [0.25, 0.3) is 0 Å². The Kier molecular flexibility index (Phi) is 4.19. The van der Waals surface area contributed by atoms with Crippen molar-refractivity contribution < 1.29 is 4.79 Å². The minimum atomic E-state index is 0.129. The Morgan fingerprint density at radius 3 is 3.11 bits per heavy atom. The van der Waals surface area contributed by atoms with E-state index in [4.69, 9.17) is 5.73 Å². The maximum absolute atomic E-state index is 11.4. The SMILES string of the molecule is CCc1cnc(N)nc1N[C@@H]1CCCN(C(C)=O)C1. The number of nitrogens with zero attached hydrogens (tertiary/aromatic N) is 3. The molecule has 6 nitrogen and oxygen atoms in total. The standard InChI is InChI=1S/C13H21N5O/c1-3-10-7-15-13(14)17-12(10)16-11-5-4-6-18(8-11)9(2)19/h7,11H,3-6,8H2,1-2H3,(H3,14,15,16,17)/t11-/m1/s1. The molecule has 104 valence electrons. The molecule has 0 radical (unpaired) electrons. The number of carbonyl (C=O) groups is 1. The van der Waals surface area contributed by atoms with E-state index >= 15 is 0 Å². The summed E-state index contributed by atoms with van der Waals surface area (Å²) in [6.07, 6.45) is 4.66. The Bertz CT molecular complexity index is 462. The van der Waals surface area contributed by atoms with Crippen LogP contribution in [0.2, 0.25) is 0 Å². The minimum absolute atomic E-state index is 0.129. The Morgan fingerprint density at radius 2 is 2.42 bits per heavy atom. The summed E-state index contributed by atoms with van der Waals surface area (Å²) in [7, 11) is 0. The molecule has 6 heteroatoms. The number of nitrogens with one attached hydrogen (secondary N) is 1. The van der Waals surface area contributed by atoms with Crippen molar-refractivity contribution >= 4 is 17.7 Å². The summed E-state index contributed by atoms with van der Waals surface area (Å²) in [6, 6.07) is 0.234. The lowest BCUT2D eigenvalue weighted by atomic mass is 10.1. The number of nitrogen functional groups attached to an aromatic ring is 1. The number of amides is 1. The highest BCUT2D eigenvalue weighted by Crippen LogP contribution is 2.18. The highest BCUT2D eigenvalue weighted by Gasteiger charge is 2.22. The van der Waals surface area contributed by atoms with Crippen LogP contribution < -0.4 is 11.1 Å². The number of likely N-dealkylation sites (tertiary alicyclic amines) is 1. The highest BCUT2D eigenvalue weighted by molar-refractivity contribution is 5.73. The normalized spacial score (nSPS) is 19.3. The fourth-order valence-corrected chi connectivity index (χ4v) is 2.38. The van der Waals surface area contributed by atoms with Crippen LogP contribution in [0.15, 0.2) is 6.20 Å². The lowest BCUT2D eigenvalue weighted by molar-refractivity contribution is -0.129. The van der Waals surface area contributed by atoms with Gasteiger partial charge in [0, 0.05) is 37.8 Å². The van der Waals surface area contributed by atoms with Crippen LogP contribution in [0.4, 0.5) is 11.8 Å². The van der Waals surface area contributed by atoms with Crippen molar-refractivity contribution in [2.45, 2.75) is 39.2 Å². The summed E-state index contributed by atoms with van der Waals surface area (Å²) in [4.78, 5) is 21.6. The Morgan fingerprint density at radius 1 is 1.63 bits per heavy atom. The average Bonchev–Trinajstić information content (AvgIpc) is 2.39. The summed E-state index contributed by atoms with van der Waals surface area (Å²) < 4.78 is 0. The van der Waals surface area contributed by atoms with Crippen LogP contribution in [0.3, 0.4) is 0 Å². The number of rotatable bonds is 3. The smallest absolute Gasteiger partial charge is 0.221 e. The molecule has 0 aliphatic carbocycles. The van der Waals surface area contributed by atoms with Gasteiger partial charge in [0.2, 0.25) is 11.9 Å². The molecule has 0 spiro atoms. The molecule has 1 atom stereocenters. The van der Waals surface area contributed by atoms with Crippen molar-refractivity contribution in [2.24, 2.45) is 0 Å². The summed E-state index contributed by atoms with van der Waals surface area (Å²) in [5.41, 5.74) is 6.69. The quantitative estimate of drug-likeness (QED) is 0.851. The molecule has 1 aromatic rings. The van der Waals surface area contributed by atoms with Gasteiger partial charge in [-0.2, -0.15) is 4.98 Å². The van der Waals surface area contributed by atoms with Crippen LogP contribution in [-0.2, 0) is 11.2 Å². The summed E-state index contributed by atoms with van der Waals surface area (Å²) in [5.74, 6) is 1.20. The maximum Gasteiger partial charge on any atom is 0.221 e. The van der Waals surface area contributed by atoms with Gasteiger partial charge in [-0.05, 0) is 19.3 Å². The zero-order valence-corrected chi connectivity index (χ0v) is 11.5. The number of aromatic nitrogens is 2. The van der Waals surface area contributed by atoms with Gasteiger partial charge < -0.3 is 16.0 Å². The molecular weight excluding hydrogens is 242 g/mol. The second-order valence-electron chi connectivity index (χ2n) is 4.90. The van der Waals surface area contributed by atoms with Crippen molar-refractivity contribution in [3.63, 3.8) is 0 Å². The third kappa shape index (κ3) is 3.33. The zero-order chi connectivity index (χ0) is 13.8. The van der Waals surface area contributed by atoms with Crippen LogP contribution in [0.25, 0.3) is 0 Å². The summed E-state index contributed by atoms with van der Waals surface area (Å²) in [5, 5.41) is 3.40. The first-order valence-electron chi connectivity index (χ1n) is 6.73. The third-order valence-corrected chi connectivity index (χ3v) is 3.47. The third-order valence-electron chi connectivity index (χ3n) is 3.47. The fraction of sp³-hybridized carbons (Fsp3) is 0.615. The molecule has 1 aromatic heterocycles. The molecule has 1 saturated heterocycles. The van der Waals surface area contributed by atoms with Crippen molar-refractivity contribution in [3.05, 3.63) is 11.8 Å². The first-order valence-corrected chi connectivity index (χ1v) is 6.73. The van der Waals surface area contributed by atoms with Crippen molar-refractivity contribution in [1.29, 1.82) is 0 Å². The lowest BCUT2D eigenvalue weighted by Gasteiger charge is -2.33. The molecule has 0 unspecified atom stereocenters. The average molecular weight is 263 g/mol. The van der Waals surface area contributed by atoms with Gasteiger partial charge in [0.15, 0.2) is 0 Å². The van der Waals surface area contributed by atoms with Crippen LogP contribution in [0.1, 0.15) is 32.3 Å². The number of anilines is 2. The Hall–Kier alpha value is -1.85.